The molecule has 2 rings (SSSR count). The van der Waals surface area contributed by atoms with Gasteiger partial charge in [-0.1, -0.05) is 25.0 Å². The third-order valence-electron chi connectivity index (χ3n) is 4.47. The van der Waals surface area contributed by atoms with Crippen LogP contribution in [0.1, 0.15) is 45.1 Å². The molecule has 0 aliphatic heterocycles. The van der Waals surface area contributed by atoms with Gasteiger partial charge in [-0.05, 0) is 44.4 Å². The first kappa shape index (κ1) is 20.1. The molecule has 1 aromatic carbocycles. The minimum absolute atomic E-state index is 0. The topological polar surface area (TPSA) is 45.7 Å². The Hall–Kier alpha value is -0.980. The molecule has 130 valence electrons. The number of hydrogen-bond acceptors (Lipinski definition) is 2. The van der Waals surface area contributed by atoms with Crippen LogP contribution in [0.25, 0.3) is 0 Å². The summed E-state index contributed by atoms with van der Waals surface area (Å²) < 4.78 is 5.40. The van der Waals surface area contributed by atoms with Crippen LogP contribution in [0, 0.1) is 0 Å². The molecule has 0 bridgehead atoms. The smallest absolute Gasteiger partial charge is 0.191 e. The van der Waals surface area contributed by atoms with Crippen LogP contribution < -0.4 is 15.4 Å². The number of nitrogens with one attached hydrogen (secondary N) is 2. The van der Waals surface area contributed by atoms with Crippen LogP contribution in [-0.2, 0) is 5.41 Å². The summed E-state index contributed by atoms with van der Waals surface area (Å²) in [6.45, 7) is 6.80. The molecule has 0 saturated heterocycles. The van der Waals surface area contributed by atoms with Crippen LogP contribution in [0.15, 0.2) is 29.3 Å². The number of halogens is 1. The molecule has 2 N–H and O–H groups in total. The fraction of sp³-hybridized carbons (Fsp3) is 0.611. The summed E-state index contributed by atoms with van der Waals surface area (Å²) in [7, 11) is 1.73. The van der Waals surface area contributed by atoms with E-state index in [0.29, 0.717) is 0 Å². The number of ether oxygens (including phenoxy) is 1. The van der Waals surface area contributed by atoms with E-state index in [0.717, 1.165) is 31.3 Å². The summed E-state index contributed by atoms with van der Waals surface area (Å²) in [5.41, 5.74) is 1.52. The Morgan fingerprint density at radius 1 is 1.17 bits per heavy atom. The molecular formula is C18H30IN3O. The number of aliphatic imine (C=N–C) groups is 1. The zero-order chi connectivity index (χ0) is 15.8. The van der Waals surface area contributed by atoms with Gasteiger partial charge in [0.1, 0.15) is 5.75 Å². The molecule has 0 amide bonds. The first-order valence-electron chi connectivity index (χ1n) is 8.41. The zero-order valence-corrected chi connectivity index (χ0v) is 16.9. The van der Waals surface area contributed by atoms with E-state index in [-0.39, 0.29) is 29.4 Å². The highest BCUT2D eigenvalue weighted by atomic mass is 127. The average Bonchev–Trinajstić information content (AvgIpc) is 3.03. The van der Waals surface area contributed by atoms with Crippen molar-refractivity contribution >= 4 is 29.9 Å². The van der Waals surface area contributed by atoms with Crippen molar-refractivity contribution in [3.63, 3.8) is 0 Å². The minimum Gasteiger partial charge on any atom is -0.497 e. The molecule has 5 heteroatoms. The number of rotatable bonds is 6. The van der Waals surface area contributed by atoms with Crippen molar-refractivity contribution in [2.75, 3.05) is 26.7 Å². The van der Waals surface area contributed by atoms with Crippen LogP contribution in [0.3, 0.4) is 0 Å². The van der Waals surface area contributed by atoms with Crippen LogP contribution in [0.4, 0.5) is 0 Å². The Morgan fingerprint density at radius 2 is 1.83 bits per heavy atom. The minimum atomic E-state index is 0. The van der Waals surface area contributed by atoms with Gasteiger partial charge in [-0.25, -0.2) is 0 Å². The first-order chi connectivity index (χ1) is 10.7. The van der Waals surface area contributed by atoms with Gasteiger partial charge in [-0.15, -0.1) is 24.0 Å². The van der Waals surface area contributed by atoms with Crippen molar-refractivity contribution in [2.24, 2.45) is 4.99 Å². The third kappa shape index (κ3) is 5.26. The van der Waals surface area contributed by atoms with Gasteiger partial charge in [0.25, 0.3) is 0 Å². The molecule has 1 saturated carbocycles. The number of hydrogen-bond donors (Lipinski definition) is 2. The highest BCUT2D eigenvalue weighted by Gasteiger charge is 2.35. The maximum Gasteiger partial charge on any atom is 0.191 e. The summed E-state index contributed by atoms with van der Waals surface area (Å²) in [5.74, 6) is 1.85. The monoisotopic (exact) mass is 431 g/mol. The summed E-state index contributed by atoms with van der Waals surface area (Å²) >= 11 is 0. The SMILES string of the molecule is CCNC(=NCC1(c2cccc(OC)c2)CCCC1)NCC.I. The van der Waals surface area contributed by atoms with Crippen molar-refractivity contribution in [3.8, 4) is 5.75 Å². The Balaban J connectivity index is 0.00000264. The van der Waals surface area contributed by atoms with Crippen molar-refractivity contribution in [2.45, 2.75) is 44.9 Å². The molecule has 4 nitrogen and oxygen atoms in total. The Bertz CT molecular complexity index is 491. The van der Waals surface area contributed by atoms with Crippen LogP contribution in [-0.4, -0.2) is 32.7 Å². The van der Waals surface area contributed by atoms with Crippen molar-refractivity contribution in [1.82, 2.24) is 10.6 Å². The zero-order valence-electron chi connectivity index (χ0n) is 14.5. The molecule has 0 aromatic heterocycles. The van der Waals surface area contributed by atoms with E-state index < -0.39 is 0 Å². The van der Waals surface area contributed by atoms with E-state index in [1.54, 1.807) is 7.11 Å². The van der Waals surface area contributed by atoms with Crippen LogP contribution in [0.2, 0.25) is 0 Å². The van der Waals surface area contributed by atoms with Gasteiger partial charge in [0, 0.05) is 18.5 Å². The maximum absolute atomic E-state index is 5.40. The predicted octanol–water partition coefficient (Wildman–Crippen LogP) is 3.70. The first-order valence-corrected chi connectivity index (χ1v) is 8.41. The number of guanidine groups is 1. The van der Waals surface area contributed by atoms with Crippen molar-refractivity contribution in [1.29, 1.82) is 0 Å². The van der Waals surface area contributed by atoms with E-state index in [1.807, 2.05) is 6.07 Å². The fourth-order valence-electron chi connectivity index (χ4n) is 3.28. The second-order valence-corrected chi connectivity index (χ2v) is 5.94. The van der Waals surface area contributed by atoms with E-state index in [9.17, 15) is 0 Å². The third-order valence-corrected chi connectivity index (χ3v) is 4.47. The van der Waals surface area contributed by atoms with Crippen molar-refractivity contribution < 1.29 is 4.74 Å². The van der Waals surface area contributed by atoms with E-state index in [2.05, 4.69) is 42.7 Å². The number of benzene rings is 1. The standard InChI is InChI=1S/C18H29N3O.HI/c1-4-19-17(20-5-2)21-14-18(11-6-7-12-18)15-9-8-10-16(13-15)22-3;/h8-10,13H,4-7,11-12,14H2,1-3H3,(H2,19,20,21);1H. The van der Waals surface area contributed by atoms with Gasteiger partial charge < -0.3 is 15.4 Å². The molecule has 0 atom stereocenters. The predicted molar refractivity (Wildman–Crippen MR) is 108 cm³/mol. The lowest BCUT2D eigenvalue weighted by molar-refractivity contribution is 0.407. The normalized spacial score (nSPS) is 15.4. The van der Waals surface area contributed by atoms with Gasteiger partial charge >= 0.3 is 0 Å². The van der Waals surface area contributed by atoms with Crippen LogP contribution in [0.5, 0.6) is 5.75 Å². The highest BCUT2D eigenvalue weighted by Crippen LogP contribution is 2.42. The quantitative estimate of drug-likeness (QED) is 0.410. The Labute approximate surface area is 157 Å². The fourth-order valence-corrected chi connectivity index (χ4v) is 3.28. The van der Waals surface area contributed by atoms with E-state index in [4.69, 9.17) is 9.73 Å². The lowest BCUT2D eigenvalue weighted by Gasteiger charge is -2.28. The lowest BCUT2D eigenvalue weighted by atomic mass is 9.79. The summed E-state index contributed by atoms with van der Waals surface area (Å²) in [6, 6.07) is 8.51. The number of methoxy groups -OCH3 is 1. The summed E-state index contributed by atoms with van der Waals surface area (Å²) in [6.07, 6.45) is 4.97. The summed E-state index contributed by atoms with van der Waals surface area (Å²) in [4.78, 5) is 4.84. The molecule has 0 radical (unpaired) electrons. The second kappa shape index (κ2) is 10.0. The van der Waals surface area contributed by atoms with E-state index >= 15 is 0 Å². The Kier molecular flexibility index (Phi) is 8.73. The van der Waals surface area contributed by atoms with Gasteiger partial charge in [0.05, 0.1) is 13.7 Å². The van der Waals surface area contributed by atoms with Gasteiger partial charge in [0.15, 0.2) is 5.96 Å². The molecule has 0 unspecified atom stereocenters. The van der Waals surface area contributed by atoms with Gasteiger partial charge in [-0.3, -0.25) is 4.99 Å². The molecule has 0 heterocycles. The lowest BCUT2D eigenvalue weighted by Crippen LogP contribution is -2.38. The van der Waals surface area contributed by atoms with Crippen LogP contribution >= 0.6 is 24.0 Å². The molecule has 0 spiro atoms. The average molecular weight is 431 g/mol. The summed E-state index contributed by atoms with van der Waals surface area (Å²) in [5, 5.41) is 6.63. The molecule has 1 aliphatic rings. The molecular weight excluding hydrogens is 401 g/mol. The molecule has 1 fully saturated rings. The van der Waals surface area contributed by atoms with Crippen molar-refractivity contribution in [3.05, 3.63) is 29.8 Å². The molecule has 1 aliphatic carbocycles. The number of nitrogens with zero attached hydrogens (tertiary/aromatic N) is 1. The molecule has 23 heavy (non-hydrogen) atoms. The van der Waals surface area contributed by atoms with Gasteiger partial charge in [-0.2, -0.15) is 0 Å². The van der Waals surface area contributed by atoms with E-state index in [1.165, 1.54) is 31.2 Å². The Morgan fingerprint density at radius 3 is 2.39 bits per heavy atom. The largest absolute Gasteiger partial charge is 0.497 e. The van der Waals surface area contributed by atoms with Gasteiger partial charge in [0.2, 0.25) is 0 Å². The highest BCUT2D eigenvalue weighted by molar-refractivity contribution is 14.0. The maximum atomic E-state index is 5.40. The molecule has 1 aromatic rings. The second-order valence-electron chi connectivity index (χ2n) is 5.94.